The topological polar surface area (TPSA) is 80.0 Å². The Balaban J connectivity index is 1.94. The van der Waals surface area contributed by atoms with Gasteiger partial charge in [0.2, 0.25) is 5.91 Å². The number of furan rings is 1. The molecule has 0 aliphatic rings. The third kappa shape index (κ3) is 3.77. The molecule has 2 aromatic rings. The number of anilines is 1. The van der Waals surface area contributed by atoms with Gasteiger partial charge in [-0.05, 0) is 25.5 Å². The van der Waals surface area contributed by atoms with Gasteiger partial charge in [-0.15, -0.1) is 0 Å². The molecule has 6 nitrogen and oxygen atoms in total. The van der Waals surface area contributed by atoms with Gasteiger partial charge in [0.15, 0.2) is 11.6 Å². The molecule has 0 radical (unpaired) electrons. The maximum atomic E-state index is 14.0. The molecular weight excluding hydrogens is 275 g/mol. The zero-order chi connectivity index (χ0) is 15.2. The first-order valence-electron chi connectivity index (χ1n) is 6.67. The van der Waals surface area contributed by atoms with Crippen molar-refractivity contribution in [2.24, 2.45) is 0 Å². The van der Waals surface area contributed by atoms with E-state index in [9.17, 15) is 9.18 Å². The zero-order valence-electron chi connectivity index (χ0n) is 11.9. The van der Waals surface area contributed by atoms with Crippen LogP contribution in [0.4, 0.5) is 10.2 Å². The predicted octanol–water partition coefficient (Wildman–Crippen LogP) is 1.89. The van der Waals surface area contributed by atoms with Crippen LogP contribution in [0.25, 0.3) is 0 Å². The number of rotatable bonds is 6. The average molecular weight is 292 g/mol. The van der Waals surface area contributed by atoms with Gasteiger partial charge in [0.05, 0.1) is 18.5 Å². The Morgan fingerprint density at radius 2 is 2.29 bits per heavy atom. The minimum atomic E-state index is -0.630. The lowest BCUT2D eigenvalue weighted by molar-refractivity contribution is -0.121. The highest BCUT2D eigenvalue weighted by molar-refractivity contribution is 5.83. The van der Waals surface area contributed by atoms with Crippen molar-refractivity contribution in [3.05, 3.63) is 42.0 Å². The van der Waals surface area contributed by atoms with Crippen LogP contribution in [0.2, 0.25) is 0 Å². The van der Waals surface area contributed by atoms with Crippen LogP contribution in [0.1, 0.15) is 25.3 Å². The van der Waals surface area contributed by atoms with Gasteiger partial charge in [-0.25, -0.2) is 14.4 Å². The van der Waals surface area contributed by atoms with E-state index in [1.807, 2.05) is 0 Å². The standard InChI is InChI=1S/C14H17FN4O2/c1-3-11-12(15)13(18-8-17-11)19-9(2)14(20)16-7-10-5-4-6-21-10/h4-6,8-9H,3,7H2,1-2H3,(H,16,20)(H,17,18,19). The van der Waals surface area contributed by atoms with Crippen molar-refractivity contribution in [2.75, 3.05) is 5.32 Å². The number of aromatic nitrogens is 2. The maximum absolute atomic E-state index is 14.0. The summed E-state index contributed by atoms with van der Waals surface area (Å²) in [7, 11) is 0. The summed E-state index contributed by atoms with van der Waals surface area (Å²) < 4.78 is 19.1. The normalized spacial score (nSPS) is 12.0. The third-order valence-corrected chi connectivity index (χ3v) is 2.96. The van der Waals surface area contributed by atoms with Crippen LogP contribution < -0.4 is 10.6 Å². The molecule has 0 saturated heterocycles. The first-order chi connectivity index (χ1) is 10.1. The fourth-order valence-corrected chi connectivity index (χ4v) is 1.76. The molecule has 112 valence electrons. The third-order valence-electron chi connectivity index (χ3n) is 2.96. The Morgan fingerprint density at radius 3 is 2.95 bits per heavy atom. The number of hydrogen-bond donors (Lipinski definition) is 2. The molecule has 0 aliphatic carbocycles. The van der Waals surface area contributed by atoms with Crippen molar-refractivity contribution < 1.29 is 13.6 Å². The SMILES string of the molecule is CCc1ncnc(NC(C)C(=O)NCc2ccco2)c1F. The van der Waals surface area contributed by atoms with E-state index in [0.29, 0.717) is 17.9 Å². The van der Waals surface area contributed by atoms with Crippen molar-refractivity contribution in [1.29, 1.82) is 0 Å². The number of halogens is 1. The van der Waals surface area contributed by atoms with E-state index in [0.717, 1.165) is 0 Å². The number of carbonyl (C=O) groups is 1. The van der Waals surface area contributed by atoms with E-state index in [4.69, 9.17) is 4.42 Å². The second kappa shape index (κ2) is 6.83. The highest BCUT2D eigenvalue weighted by Gasteiger charge is 2.17. The Labute approximate surface area is 121 Å². The summed E-state index contributed by atoms with van der Waals surface area (Å²) in [6.45, 7) is 3.71. The van der Waals surface area contributed by atoms with Gasteiger partial charge >= 0.3 is 0 Å². The highest BCUT2D eigenvalue weighted by Crippen LogP contribution is 2.14. The van der Waals surface area contributed by atoms with Crippen molar-refractivity contribution in [3.63, 3.8) is 0 Å². The summed E-state index contributed by atoms with van der Waals surface area (Å²) in [5, 5.41) is 5.44. The van der Waals surface area contributed by atoms with E-state index in [1.54, 1.807) is 26.0 Å². The maximum Gasteiger partial charge on any atom is 0.242 e. The Hall–Kier alpha value is -2.44. The van der Waals surface area contributed by atoms with E-state index in [-0.39, 0.29) is 18.3 Å². The van der Waals surface area contributed by atoms with Crippen LogP contribution in [0.3, 0.4) is 0 Å². The van der Waals surface area contributed by atoms with E-state index in [1.165, 1.54) is 12.6 Å². The van der Waals surface area contributed by atoms with Crippen LogP contribution >= 0.6 is 0 Å². The lowest BCUT2D eigenvalue weighted by atomic mass is 10.2. The lowest BCUT2D eigenvalue weighted by Crippen LogP contribution is -2.37. The van der Waals surface area contributed by atoms with Crippen LogP contribution in [0, 0.1) is 5.82 Å². The Bertz CT molecular complexity index is 601. The molecule has 2 aromatic heterocycles. The van der Waals surface area contributed by atoms with Gasteiger partial charge in [0.25, 0.3) is 0 Å². The molecule has 2 rings (SSSR count). The monoisotopic (exact) mass is 292 g/mol. The summed E-state index contributed by atoms with van der Waals surface area (Å²) in [5.41, 5.74) is 0.315. The molecule has 0 fully saturated rings. The highest BCUT2D eigenvalue weighted by atomic mass is 19.1. The summed E-state index contributed by atoms with van der Waals surface area (Å²) >= 11 is 0. The van der Waals surface area contributed by atoms with Gasteiger partial charge in [-0.2, -0.15) is 0 Å². The molecule has 1 atom stereocenters. The first kappa shape index (κ1) is 15.0. The molecule has 7 heteroatoms. The van der Waals surface area contributed by atoms with Gasteiger partial charge < -0.3 is 15.1 Å². The minimum Gasteiger partial charge on any atom is -0.467 e. The van der Waals surface area contributed by atoms with Gasteiger partial charge in [-0.1, -0.05) is 6.92 Å². The van der Waals surface area contributed by atoms with Gasteiger partial charge in [-0.3, -0.25) is 4.79 Å². The summed E-state index contributed by atoms with van der Waals surface area (Å²) in [6, 6.07) is 2.87. The molecule has 0 aromatic carbocycles. The molecule has 2 heterocycles. The molecule has 0 aliphatic heterocycles. The number of amides is 1. The number of aryl methyl sites for hydroxylation is 1. The fourth-order valence-electron chi connectivity index (χ4n) is 1.76. The van der Waals surface area contributed by atoms with Crippen LogP contribution in [-0.4, -0.2) is 21.9 Å². The average Bonchev–Trinajstić information content (AvgIpc) is 3.00. The second-order valence-corrected chi connectivity index (χ2v) is 4.50. The molecule has 21 heavy (non-hydrogen) atoms. The number of nitrogens with one attached hydrogen (secondary N) is 2. The van der Waals surface area contributed by atoms with Crippen molar-refractivity contribution in [3.8, 4) is 0 Å². The zero-order valence-corrected chi connectivity index (χ0v) is 11.9. The molecular formula is C14H17FN4O2. The smallest absolute Gasteiger partial charge is 0.242 e. The summed E-state index contributed by atoms with van der Waals surface area (Å²) in [5.74, 6) is -0.118. The molecule has 0 bridgehead atoms. The van der Waals surface area contributed by atoms with E-state index < -0.39 is 11.9 Å². The summed E-state index contributed by atoms with van der Waals surface area (Å²) in [6.07, 6.45) is 3.27. The summed E-state index contributed by atoms with van der Waals surface area (Å²) in [4.78, 5) is 19.6. The number of nitrogens with zero attached hydrogens (tertiary/aromatic N) is 2. The van der Waals surface area contributed by atoms with Gasteiger partial charge in [0.1, 0.15) is 18.1 Å². The Kier molecular flexibility index (Phi) is 4.86. The predicted molar refractivity (Wildman–Crippen MR) is 75.0 cm³/mol. The molecule has 2 N–H and O–H groups in total. The molecule has 0 spiro atoms. The quantitative estimate of drug-likeness (QED) is 0.850. The largest absolute Gasteiger partial charge is 0.467 e. The van der Waals surface area contributed by atoms with E-state index in [2.05, 4.69) is 20.6 Å². The molecule has 0 saturated carbocycles. The molecule has 1 unspecified atom stereocenters. The van der Waals surface area contributed by atoms with Gasteiger partial charge in [0, 0.05) is 0 Å². The minimum absolute atomic E-state index is 0.0301. The van der Waals surface area contributed by atoms with Crippen LogP contribution in [-0.2, 0) is 17.8 Å². The fraction of sp³-hybridized carbons (Fsp3) is 0.357. The van der Waals surface area contributed by atoms with Crippen molar-refractivity contribution in [2.45, 2.75) is 32.9 Å². The Morgan fingerprint density at radius 1 is 1.48 bits per heavy atom. The first-order valence-corrected chi connectivity index (χ1v) is 6.67. The van der Waals surface area contributed by atoms with Crippen molar-refractivity contribution >= 4 is 11.7 Å². The lowest BCUT2D eigenvalue weighted by Gasteiger charge is -2.15. The second-order valence-electron chi connectivity index (χ2n) is 4.50. The number of hydrogen-bond acceptors (Lipinski definition) is 5. The molecule has 1 amide bonds. The van der Waals surface area contributed by atoms with E-state index >= 15 is 0 Å². The van der Waals surface area contributed by atoms with Crippen molar-refractivity contribution in [1.82, 2.24) is 15.3 Å². The van der Waals surface area contributed by atoms with Crippen LogP contribution in [0.5, 0.6) is 0 Å². The van der Waals surface area contributed by atoms with Crippen LogP contribution in [0.15, 0.2) is 29.1 Å². The number of carbonyl (C=O) groups excluding carboxylic acids is 1.